The number of benzene rings is 1. The van der Waals surface area contributed by atoms with E-state index in [1.165, 1.54) is 7.11 Å². The first kappa shape index (κ1) is 16.1. The second kappa shape index (κ2) is 7.62. The van der Waals surface area contributed by atoms with Crippen LogP contribution in [0.3, 0.4) is 0 Å². The summed E-state index contributed by atoms with van der Waals surface area (Å²) in [6, 6.07) is 11.3. The van der Waals surface area contributed by atoms with Crippen LogP contribution in [-0.4, -0.2) is 24.1 Å². The zero-order chi connectivity index (χ0) is 13.7. The lowest BCUT2D eigenvalue weighted by atomic mass is 10.0. The zero-order valence-electron chi connectivity index (χ0n) is 11.2. The number of ether oxygens (including phenoxy) is 1. The van der Waals surface area contributed by atoms with Gasteiger partial charge in [0.2, 0.25) is 0 Å². The molecule has 0 saturated heterocycles. The highest BCUT2D eigenvalue weighted by molar-refractivity contribution is 5.85. The van der Waals surface area contributed by atoms with E-state index in [4.69, 9.17) is 5.73 Å². The summed E-state index contributed by atoms with van der Waals surface area (Å²) in [5, 5.41) is 0. The van der Waals surface area contributed by atoms with Crippen LogP contribution >= 0.6 is 12.4 Å². The van der Waals surface area contributed by atoms with E-state index in [2.05, 4.69) is 9.72 Å². The molecule has 4 nitrogen and oxygen atoms in total. The third-order valence-electron chi connectivity index (χ3n) is 2.93. The Morgan fingerprint density at radius 1 is 1.15 bits per heavy atom. The molecule has 1 atom stereocenters. The number of esters is 1. The molecule has 0 amide bonds. The van der Waals surface area contributed by atoms with E-state index in [1.807, 2.05) is 36.4 Å². The predicted molar refractivity (Wildman–Crippen MR) is 80.6 cm³/mol. The molecule has 2 rings (SSSR count). The number of halogens is 1. The molecule has 0 spiro atoms. The van der Waals surface area contributed by atoms with Gasteiger partial charge in [-0.05, 0) is 35.2 Å². The van der Waals surface area contributed by atoms with Crippen LogP contribution in [0, 0.1) is 0 Å². The molecule has 2 aromatic rings. The largest absolute Gasteiger partial charge is 0.468 e. The second-order valence-electron chi connectivity index (χ2n) is 4.27. The molecule has 0 bridgehead atoms. The minimum absolute atomic E-state index is 0. The van der Waals surface area contributed by atoms with Crippen LogP contribution in [0.15, 0.2) is 48.8 Å². The number of nitrogens with zero attached hydrogens (tertiary/aromatic N) is 1. The average Bonchev–Trinajstić information content (AvgIpc) is 2.48. The Labute approximate surface area is 124 Å². The first-order chi connectivity index (χ1) is 9.20. The number of carbonyl (C=O) groups excluding carboxylic acids is 1. The average molecular weight is 293 g/mol. The Bertz CT molecular complexity index is 544. The zero-order valence-corrected chi connectivity index (χ0v) is 12.0. The summed E-state index contributed by atoms with van der Waals surface area (Å²) in [6.07, 6.45) is 4.00. The molecule has 0 radical (unpaired) electrons. The van der Waals surface area contributed by atoms with Crippen LogP contribution in [0.5, 0.6) is 0 Å². The van der Waals surface area contributed by atoms with Gasteiger partial charge in [-0.1, -0.05) is 24.3 Å². The summed E-state index contributed by atoms with van der Waals surface area (Å²) < 4.78 is 4.61. The molecule has 1 aromatic heterocycles. The van der Waals surface area contributed by atoms with E-state index < -0.39 is 12.0 Å². The summed E-state index contributed by atoms with van der Waals surface area (Å²) >= 11 is 0. The molecule has 0 aliphatic heterocycles. The molecule has 5 heteroatoms. The van der Waals surface area contributed by atoms with Crippen molar-refractivity contribution in [2.75, 3.05) is 7.11 Å². The fourth-order valence-corrected chi connectivity index (χ4v) is 1.87. The maximum Gasteiger partial charge on any atom is 0.322 e. The maximum absolute atomic E-state index is 11.3. The molecule has 106 valence electrons. The fourth-order valence-electron chi connectivity index (χ4n) is 1.87. The fraction of sp³-hybridized carbons (Fsp3) is 0.200. The van der Waals surface area contributed by atoms with Crippen molar-refractivity contribution in [3.8, 4) is 11.1 Å². The van der Waals surface area contributed by atoms with Crippen molar-refractivity contribution in [1.29, 1.82) is 0 Å². The van der Waals surface area contributed by atoms with Gasteiger partial charge in [0.05, 0.1) is 7.11 Å². The Balaban J connectivity index is 0.00000200. The van der Waals surface area contributed by atoms with Gasteiger partial charge < -0.3 is 10.5 Å². The van der Waals surface area contributed by atoms with Gasteiger partial charge in [0, 0.05) is 12.4 Å². The number of methoxy groups -OCH3 is 1. The Hall–Kier alpha value is -1.91. The van der Waals surface area contributed by atoms with Crippen molar-refractivity contribution in [2.24, 2.45) is 5.73 Å². The number of nitrogens with two attached hydrogens (primary N) is 1. The van der Waals surface area contributed by atoms with Gasteiger partial charge >= 0.3 is 5.97 Å². The number of carbonyl (C=O) groups is 1. The van der Waals surface area contributed by atoms with Crippen LogP contribution in [0.2, 0.25) is 0 Å². The van der Waals surface area contributed by atoms with E-state index in [0.29, 0.717) is 6.42 Å². The molecular weight excluding hydrogens is 276 g/mol. The van der Waals surface area contributed by atoms with E-state index in [-0.39, 0.29) is 12.4 Å². The summed E-state index contributed by atoms with van der Waals surface area (Å²) in [5.41, 5.74) is 8.96. The lowest BCUT2D eigenvalue weighted by molar-refractivity contribution is -0.142. The highest BCUT2D eigenvalue weighted by Gasteiger charge is 2.13. The molecule has 2 N–H and O–H groups in total. The van der Waals surface area contributed by atoms with Crippen LogP contribution in [0.25, 0.3) is 11.1 Å². The Morgan fingerprint density at radius 2 is 1.70 bits per heavy atom. The first-order valence-corrected chi connectivity index (χ1v) is 6.03. The van der Waals surface area contributed by atoms with Crippen LogP contribution in [0.4, 0.5) is 0 Å². The third kappa shape index (κ3) is 4.05. The van der Waals surface area contributed by atoms with Crippen LogP contribution in [-0.2, 0) is 16.0 Å². The Morgan fingerprint density at radius 3 is 2.25 bits per heavy atom. The number of rotatable bonds is 4. The van der Waals surface area contributed by atoms with Crippen LogP contribution < -0.4 is 5.73 Å². The van der Waals surface area contributed by atoms with Crippen molar-refractivity contribution in [1.82, 2.24) is 4.98 Å². The smallest absolute Gasteiger partial charge is 0.322 e. The quantitative estimate of drug-likeness (QED) is 0.878. The third-order valence-corrected chi connectivity index (χ3v) is 2.93. The lowest BCUT2D eigenvalue weighted by Crippen LogP contribution is -2.33. The minimum Gasteiger partial charge on any atom is -0.468 e. The standard InChI is InChI=1S/C15H16N2O2.ClH/c1-19-15(18)14(16)10-11-2-4-12(5-3-11)13-6-8-17-9-7-13;/h2-9,14H,10,16H2,1H3;1H/t14-;/m0./s1. The van der Waals surface area contributed by atoms with Gasteiger partial charge in [-0.25, -0.2) is 0 Å². The van der Waals surface area contributed by atoms with Crippen molar-refractivity contribution in [2.45, 2.75) is 12.5 Å². The lowest BCUT2D eigenvalue weighted by Gasteiger charge is -2.09. The molecule has 0 aliphatic rings. The molecule has 1 aromatic carbocycles. The molecule has 0 fully saturated rings. The number of hydrogen-bond donors (Lipinski definition) is 1. The first-order valence-electron chi connectivity index (χ1n) is 6.03. The van der Waals surface area contributed by atoms with Crippen LogP contribution in [0.1, 0.15) is 5.56 Å². The topological polar surface area (TPSA) is 65.2 Å². The highest BCUT2D eigenvalue weighted by atomic mass is 35.5. The van der Waals surface area contributed by atoms with Crippen molar-refractivity contribution in [3.63, 3.8) is 0 Å². The minimum atomic E-state index is -0.614. The van der Waals surface area contributed by atoms with Gasteiger partial charge in [0.1, 0.15) is 6.04 Å². The normalized spacial score (nSPS) is 11.3. The molecular formula is C15H17ClN2O2. The Kier molecular flexibility index (Phi) is 6.15. The van der Waals surface area contributed by atoms with E-state index in [1.54, 1.807) is 12.4 Å². The molecule has 0 aliphatic carbocycles. The SMILES string of the molecule is COC(=O)[C@@H](N)Cc1ccc(-c2ccncc2)cc1.Cl. The molecule has 1 heterocycles. The predicted octanol–water partition coefficient (Wildman–Crippen LogP) is 2.21. The number of hydrogen-bond acceptors (Lipinski definition) is 4. The molecule has 0 unspecified atom stereocenters. The summed E-state index contributed by atoms with van der Waals surface area (Å²) in [4.78, 5) is 15.2. The summed E-state index contributed by atoms with van der Waals surface area (Å²) in [5.74, 6) is -0.391. The van der Waals surface area contributed by atoms with Gasteiger partial charge in [-0.15, -0.1) is 12.4 Å². The summed E-state index contributed by atoms with van der Waals surface area (Å²) in [6.45, 7) is 0. The highest BCUT2D eigenvalue weighted by Crippen LogP contribution is 2.19. The molecule has 0 saturated carbocycles. The van der Waals surface area contributed by atoms with Crippen molar-refractivity contribution in [3.05, 3.63) is 54.4 Å². The molecule has 20 heavy (non-hydrogen) atoms. The van der Waals surface area contributed by atoms with E-state index >= 15 is 0 Å². The maximum atomic E-state index is 11.3. The van der Waals surface area contributed by atoms with Crippen molar-refractivity contribution < 1.29 is 9.53 Å². The van der Waals surface area contributed by atoms with E-state index in [9.17, 15) is 4.79 Å². The monoisotopic (exact) mass is 292 g/mol. The van der Waals surface area contributed by atoms with Gasteiger partial charge in [0.15, 0.2) is 0 Å². The van der Waals surface area contributed by atoms with Gasteiger partial charge in [0.25, 0.3) is 0 Å². The van der Waals surface area contributed by atoms with Gasteiger partial charge in [-0.3, -0.25) is 9.78 Å². The van der Waals surface area contributed by atoms with Crippen molar-refractivity contribution >= 4 is 18.4 Å². The second-order valence-corrected chi connectivity index (χ2v) is 4.27. The van der Waals surface area contributed by atoms with E-state index in [0.717, 1.165) is 16.7 Å². The van der Waals surface area contributed by atoms with Gasteiger partial charge in [-0.2, -0.15) is 0 Å². The number of aromatic nitrogens is 1. The number of pyridine rings is 1. The summed E-state index contributed by atoms with van der Waals surface area (Å²) in [7, 11) is 1.34.